The van der Waals surface area contributed by atoms with E-state index in [4.69, 9.17) is 9.47 Å². The molecule has 1 aromatic carbocycles. The molecule has 1 atom stereocenters. The molecule has 0 fully saturated rings. The van der Waals surface area contributed by atoms with Gasteiger partial charge in [-0.05, 0) is 50.6 Å². The number of carbonyl (C=O) groups is 2. The molecule has 1 aromatic heterocycles. The summed E-state index contributed by atoms with van der Waals surface area (Å²) >= 11 is 0. The molecular formula is C20H23N3O4. The molecule has 142 valence electrons. The second-order valence-electron chi connectivity index (χ2n) is 6.76. The molecule has 7 heteroatoms. The Hall–Kier alpha value is -3.09. The maximum absolute atomic E-state index is 13.1. The topological polar surface area (TPSA) is 80.8 Å². The van der Waals surface area contributed by atoms with E-state index in [2.05, 4.69) is 10.3 Å². The molecule has 1 unspecified atom stereocenters. The zero-order valence-electron chi connectivity index (χ0n) is 15.9. The van der Waals surface area contributed by atoms with Crippen LogP contribution in [-0.4, -0.2) is 35.6 Å². The van der Waals surface area contributed by atoms with Crippen molar-refractivity contribution in [2.24, 2.45) is 0 Å². The second-order valence-corrected chi connectivity index (χ2v) is 6.76. The Balaban J connectivity index is 1.81. The van der Waals surface area contributed by atoms with Gasteiger partial charge in [0.2, 0.25) is 0 Å². The third kappa shape index (κ3) is 3.45. The van der Waals surface area contributed by atoms with Crippen LogP contribution in [0.5, 0.6) is 11.5 Å². The van der Waals surface area contributed by atoms with E-state index >= 15 is 0 Å². The SMILES string of the molecule is COc1ccc(CNC(=O)C2(C)Oc3cccnc3N(C(C)C)C2=O)cc1. The molecule has 27 heavy (non-hydrogen) atoms. The van der Waals surface area contributed by atoms with Crippen LogP contribution in [0.1, 0.15) is 26.3 Å². The third-order valence-electron chi connectivity index (χ3n) is 4.48. The Morgan fingerprint density at radius 2 is 2.00 bits per heavy atom. The Kier molecular flexibility index (Phi) is 5.03. The van der Waals surface area contributed by atoms with Crippen LogP contribution < -0.4 is 19.7 Å². The minimum atomic E-state index is -1.66. The third-order valence-corrected chi connectivity index (χ3v) is 4.48. The van der Waals surface area contributed by atoms with Gasteiger partial charge in [-0.3, -0.25) is 14.5 Å². The number of carbonyl (C=O) groups excluding carboxylic acids is 2. The van der Waals surface area contributed by atoms with Crippen molar-refractivity contribution < 1.29 is 19.1 Å². The number of rotatable bonds is 5. The smallest absolute Gasteiger partial charge is 0.282 e. The van der Waals surface area contributed by atoms with Crippen LogP contribution in [0, 0.1) is 0 Å². The van der Waals surface area contributed by atoms with Gasteiger partial charge in [-0.2, -0.15) is 0 Å². The van der Waals surface area contributed by atoms with Gasteiger partial charge >= 0.3 is 0 Å². The van der Waals surface area contributed by atoms with Crippen molar-refractivity contribution in [1.82, 2.24) is 10.3 Å². The summed E-state index contributed by atoms with van der Waals surface area (Å²) in [5, 5.41) is 2.79. The number of methoxy groups -OCH3 is 1. The van der Waals surface area contributed by atoms with E-state index in [9.17, 15) is 9.59 Å². The fourth-order valence-electron chi connectivity index (χ4n) is 2.95. The number of hydrogen-bond donors (Lipinski definition) is 1. The monoisotopic (exact) mass is 369 g/mol. The molecule has 0 radical (unpaired) electrons. The number of anilines is 1. The predicted octanol–water partition coefficient (Wildman–Crippen LogP) is 2.30. The van der Waals surface area contributed by atoms with Gasteiger partial charge in [-0.25, -0.2) is 4.98 Å². The van der Waals surface area contributed by atoms with Crippen molar-refractivity contribution in [1.29, 1.82) is 0 Å². The van der Waals surface area contributed by atoms with Crippen LogP contribution in [0.3, 0.4) is 0 Å². The average molecular weight is 369 g/mol. The molecule has 1 aliphatic rings. The van der Waals surface area contributed by atoms with Crippen molar-refractivity contribution in [2.75, 3.05) is 12.0 Å². The lowest BCUT2D eigenvalue weighted by molar-refractivity contribution is -0.148. The quantitative estimate of drug-likeness (QED) is 0.818. The fourth-order valence-corrected chi connectivity index (χ4v) is 2.95. The van der Waals surface area contributed by atoms with Crippen LogP contribution >= 0.6 is 0 Å². The van der Waals surface area contributed by atoms with Gasteiger partial charge in [0.25, 0.3) is 17.4 Å². The molecule has 1 aliphatic heterocycles. The largest absolute Gasteiger partial charge is 0.497 e. The zero-order chi connectivity index (χ0) is 19.6. The van der Waals surface area contributed by atoms with Gasteiger partial charge in [0.05, 0.1) is 7.11 Å². The van der Waals surface area contributed by atoms with Crippen molar-refractivity contribution in [3.05, 3.63) is 48.2 Å². The lowest BCUT2D eigenvalue weighted by Crippen LogP contribution is -2.63. The summed E-state index contributed by atoms with van der Waals surface area (Å²) in [6.07, 6.45) is 1.59. The number of hydrogen-bond acceptors (Lipinski definition) is 5. The Morgan fingerprint density at radius 3 is 2.63 bits per heavy atom. The van der Waals surface area contributed by atoms with Crippen LogP contribution in [0.25, 0.3) is 0 Å². The summed E-state index contributed by atoms with van der Waals surface area (Å²) in [7, 11) is 1.59. The van der Waals surface area contributed by atoms with Crippen molar-refractivity contribution in [3.8, 4) is 11.5 Å². The molecule has 1 N–H and O–H groups in total. The molecular weight excluding hydrogens is 346 g/mol. The minimum absolute atomic E-state index is 0.163. The number of ether oxygens (including phenoxy) is 2. The van der Waals surface area contributed by atoms with E-state index in [-0.39, 0.29) is 12.6 Å². The molecule has 3 rings (SSSR count). The van der Waals surface area contributed by atoms with E-state index in [0.717, 1.165) is 11.3 Å². The molecule has 2 aromatic rings. The Bertz CT molecular complexity index is 851. The first-order valence-electron chi connectivity index (χ1n) is 8.75. The maximum Gasteiger partial charge on any atom is 0.282 e. The summed E-state index contributed by atoms with van der Waals surface area (Å²) in [4.78, 5) is 31.7. The molecule has 2 heterocycles. The summed E-state index contributed by atoms with van der Waals surface area (Å²) in [6, 6.07) is 10.6. The van der Waals surface area contributed by atoms with Gasteiger partial charge in [0.15, 0.2) is 11.6 Å². The number of nitrogens with zero attached hydrogens (tertiary/aromatic N) is 2. The molecule has 0 saturated carbocycles. The zero-order valence-corrected chi connectivity index (χ0v) is 15.9. The average Bonchev–Trinajstić information content (AvgIpc) is 2.67. The van der Waals surface area contributed by atoms with Crippen LogP contribution in [-0.2, 0) is 16.1 Å². The summed E-state index contributed by atoms with van der Waals surface area (Å²) in [5.41, 5.74) is -0.772. The number of nitrogens with one attached hydrogen (secondary N) is 1. The van der Waals surface area contributed by atoms with E-state index in [1.54, 1.807) is 25.4 Å². The standard InChI is InChI=1S/C20H23N3O4/c1-13(2)23-17-16(6-5-11-21-17)27-20(3,19(23)25)18(24)22-12-14-7-9-15(26-4)10-8-14/h5-11,13H,12H2,1-4H3,(H,22,24). The highest BCUT2D eigenvalue weighted by atomic mass is 16.5. The van der Waals surface area contributed by atoms with E-state index < -0.39 is 17.4 Å². The lowest BCUT2D eigenvalue weighted by Gasteiger charge is -2.40. The number of benzene rings is 1. The highest BCUT2D eigenvalue weighted by Gasteiger charge is 2.51. The molecule has 2 amide bonds. The van der Waals surface area contributed by atoms with Gasteiger partial charge in [-0.15, -0.1) is 0 Å². The summed E-state index contributed by atoms with van der Waals surface area (Å²) in [6.45, 7) is 5.51. The van der Waals surface area contributed by atoms with Crippen molar-refractivity contribution in [3.63, 3.8) is 0 Å². The molecule has 0 spiro atoms. The van der Waals surface area contributed by atoms with Gasteiger partial charge in [0.1, 0.15) is 5.75 Å². The highest BCUT2D eigenvalue weighted by Crippen LogP contribution is 2.37. The number of aromatic nitrogens is 1. The minimum Gasteiger partial charge on any atom is -0.497 e. The Morgan fingerprint density at radius 1 is 1.30 bits per heavy atom. The first kappa shape index (κ1) is 18.7. The number of pyridine rings is 1. The van der Waals surface area contributed by atoms with E-state index in [1.165, 1.54) is 11.8 Å². The molecule has 0 aliphatic carbocycles. The van der Waals surface area contributed by atoms with Gasteiger partial charge in [0, 0.05) is 18.8 Å². The van der Waals surface area contributed by atoms with E-state index in [0.29, 0.717) is 11.6 Å². The van der Waals surface area contributed by atoms with Crippen LogP contribution in [0.4, 0.5) is 5.82 Å². The van der Waals surface area contributed by atoms with Crippen LogP contribution in [0.15, 0.2) is 42.6 Å². The first-order valence-corrected chi connectivity index (χ1v) is 8.75. The van der Waals surface area contributed by atoms with Crippen molar-refractivity contribution in [2.45, 2.75) is 39.0 Å². The normalized spacial score (nSPS) is 18.7. The van der Waals surface area contributed by atoms with Crippen LogP contribution in [0.2, 0.25) is 0 Å². The predicted molar refractivity (Wildman–Crippen MR) is 101 cm³/mol. The lowest BCUT2D eigenvalue weighted by atomic mass is 9.99. The number of amides is 2. The Labute approximate surface area is 158 Å². The molecule has 0 bridgehead atoms. The highest BCUT2D eigenvalue weighted by molar-refractivity contribution is 6.16. The fraction of sp³-hybridized carbons (Fsp3) is 0.350. The van der Waals surface area contributed by atoms with Gasteiger partial charge in [-0.1, -0.05) is 12.1 Å². The second kappa shape index (κ2) is 7.26. The molecule has 7 nitrogen and oxygen atoms in total. The summed E-state index contributed by atoms with van der Waals surface area (Å²) in [5.74, 6) is 0.643. The van der Waals surface area contributed by atoms with E-state index in [1.807, 2.05) is 38.1 Å². The first-order chi connectivity index (χ1) is 12.9. The summed E-state index contributed by atoms with van der Waals surface area (Å²) < 4.78 is 10.9. The van der Waals surface area contributed by atoms with Crippen molar-refractivity contribution >= 4 is 17.6 Å². The van der Waals surface area contributed by atoms with Gasteiger partial charge < -0.3 is 14.8 Å². The maximum atomic E-state index is 13.1. The molecule has 0 saturated heterocycles. The number of fused-ring (bicyclic) bond motifs is 1.